The van der Waals surface area contributed by atoms with E-state index in [-0.39, 0.29) is 17.9 Å². The summed E-state index contributed by atoms with van der Waals surface area (Å²) < 4.78 is 5.55. The lowest BCUT2D eigenvalue weighted by Gasteiger charge is -2.24. The van der Waals surface area contributed by atoms with Crippen LogP contribution in [0, 0.1) is 6.92 Å². The van der Waals surface area contributed by atoms with E-state index in [0.29, 0.717) is 31.2 Å². The van der Waals surface area contributed by atoms with Gasteiger partial charge in [-0.15, -0.1) is 0 Å². The molecule has 1 fully saturated rings. The van der Waals surface area contributed by atoms with Crippen LogP contribution in [0.5, 0.6) is 0 Å². The van der Waals surface area contributed by atoms with Crippen molar-refractivity contribution in [2.24, 2.45) is 0 Å². The predicted octanol–water partition coefficient (Wildman–Crippen LogP) is 3.12. The lowest BCUT2D eigenvalue weighted by molar-refractivity contribution is -0.128. The van der Waals surface area contributed by atoms with Crippen molar-refractivity contribution in [3.05, 3.63) is 59.2 Å². The Labute approximate surface area is 169 Å². The van der Waals surface area contributed by atoms with Gasteiger partial charge in [-0.2, -0.15) is 4.98 Å². The second kappa shape index (κ2) is 6.81. The summed E-state index contributed by atoms with van der Waals surface area (Å²) >= 11 is 0. The molecule has 29 heavy (non-hydrogen) atoms. The SMILES string of the molecule is Cc1cccc(-c2nc(-c3cccc4c3CC[C@]43CC(=O)N(CCO)C3)no2)c1. The second-order valence-electron chi connectivity index (χ2n) is 8.12. The Morgan fingerprint density at radius 2 is 2.10 bits per heavy atom. The van der Waals surface area contributed by atoms with Gasteiger partial charge in [0.15, 0.2) is 0 Å². The fourth-order valence-corrected chi connectivity index (χ4v) is 4.87. The van der Waals surface area contributed by atoms with Crippen molar-refractivity contribution in [3.63, 3.8) is 0 Å². The largest absolute Gasteiger partial charge is 0.395 e. The van der Waals surface area contributed by atoms with E-state index in [2.05, 4.69) is 16.2 Å². The van der Waals surface area contributed by atoms with E-state index in [9.17, 15) is 9.90 Å². The number of benzene rings is 2. The summed E-state index contributed by atoms with van der Waals surface area (Å²) in [6.45, 7) is 3.11. The molecule has 148 valence electrons. The zero-order chi connectivity index (χ0) is 20.0. The van der Waals surface area contributed by atoms with Crippen LogP contribution in [0.3, 0.4) is 0 Å². The highest BCUT2D eigenvalue weighted by Gasteiger charge is 2.48. The molecule has 1 aromatic heterocycles. The second-order valence-corrected chi connectivity index (χ2v) is 8.12. The van der Waals surface area contributed by atoms with Crippen molar-refractivity contribution in [3.8, 4) is 22.8 Å². The molecule has 1 atom stereocenters. The summed E-state index contributed by atoms with van der Waals surface area (Å²) in [6, 6.07) is 14.2. The van der Waals surface area contributed by atoms with Gasteiger partial charge >= 0.3 is 0 Å². The third kappa shape index (κ3) is 2.95. The summed E-state index contributed by atoms with van der Waals surface area (Å²) in [5, 5.41) is 13.5. The van der Waals surface area contributed by atoms with Crippen molar-refractivity contribution in [2.75, 3.05) is 19.7 Å². The van der Waals surface area contributed by atoms with Crippen molar-refractivity contribution in [1.82, 2.24) is 15.0 Å². The molecule has 1 aliphatic carbocycles. The number of aliphatic hydroxyl groups is 1. The monoisotopic (exact) mass is 389 g/mol. The fraction of sp³-hybridized carbons (Fsp3) is 0.348. The zero-order valence-corrected chi connectivity index (χ0v) is 16.4. The van der Waals surface area contributed by atoms with Gasteiger partial charge in [-0.1, -0.05) is 41.1 Å². The van der Waals surface area contributed by atoms with E-state index >= 15 is 0 Å². The van der Waals surface area contributed by atoms with Gasteiger partial charge in [0.05, 0.1) is 6.61 Å². The molecule has 6 heteroatoms. The van der Waals surface area contributed by atoms with E-state index in [1.165, 1.54) is 11.1 Å². The highest BCUT2D eigenvalue weighted by Crippen LogP contribution is 2.48. The first kappa shape index (κ1) is 18.1. The number of carbonyl (C=O) groups is 1. The molecule has 0 saturated carbocycles. The van der Waals surface area contributed by atoms with Gasteiger partial charge in [0.1, 0.15) is 0 Å². The maximum Gasteiger partial charge on any atom is 0.258 e. The van der Waals surface area contributed by atoms with Gasteiger partial charge in [-0.05, 0) is 43.0 Å². The fourth-order valence-electron chi connectivity index (χ4n) is 4.87. The molecule has 1 N–H and O–H groups in total. The number of aromatic nitrogens is 2. The molecule has 2 aliphatic rings. The smallest absolute Gasteiger partial charge is 0.258 e. The van der Waals surface area contributed by atoms with Crippen LogP contribution >= 0.6 is 0 Å². The van der Waals surface area contributed by atoms with Gasteiger partial charge in [0.25, 0.3) is 5.89 Å². The minimum Gasteiger partial charge on any atom is -0.395 e. The minimum atomic E-state index is -0.166. The minimum absolute atomic E-state index is 0.000681. The van der Waals surface area contributed by atoms with Crippen LogP contribution < -0.4 is 0 Å². The third-order valence-electron chi connectivity index (χ3n) is 6.24. The number of rotatable bonds is 4. The Bertz CT molecular complexity index is 1090. The number of amides is 1. The summed E-state index contributed by atoms with van der Waals surface area (Å²) in [6.07, 6.45) is 2.32. The summed E-state index contributed by atoms with van der Waals surface area (Å²) in [7, 11) is 0. The number of hydrogen-bond donors (Lipinski definition) is 1. The molecule has 2 aromatic carbocycles. The van der Waals surface area contributed by atoms with Crippen molar-refractivity contribution in [2.45, 2.75) is 31.6 Å². The summed E-state index contributed by atoms with van der Waals surface area (Å²) in [4.78, 5) is 18.9. The Morgan fingerprint density at radius 3 is 2.93 bits per heavy atom. The lowest BCUT2D eigenvalue weighted by atomic mass is 9.80. The normalized spacial score (nSPS) is 20.6. The molecule has 1 saturated heterocycles. The number of aryl methyl sites for hydroxylation is 1. The number of aliphatic hydroxyl groups excluding tert-OH is 1. The topological polar surface area (TPSA) is 79.5 Å². The number of β-amino-alcohol motifs (C(OH)–C–C–N with tert-alkyl or cyclic N) is 1. The van der Waals surface area contributed by atoms with Crippen molar-refractivity contribution >= 4 is 5.91 Å². The van der Waals surface area contributed by atoms with E-state index < -0.39 is 0 Å². The molecular weight excluding hydrogens is 366 g/mol. The number of hydrogen-bond acceptors (Lipinski definition) is 5. The number of likely N-dealkylation sites (tertiary alicyclic amines) is 1. The first-order valence-corrected chi connectivity index (χ1v) is 10.0. The summed E-state index contributed by atoms with van der Waals surface area (Å²) in [5.41, 5.74) is 5.29. The molecule has 1 amide bonds. The molecule has 2 heterocycles. The van der Waals surface area contributed by atoms with Crippen molar-refractivity contribution < 1.29 is 14.4 Å². The Morgan fingerprint density at radius 1 is 1.24 bits per heavy atom. The summed E-state index contributed by atoms with van der Waals surface area (Å²) in [5.74, 6) is 1.23. The van der Waals surface area contributed by atoms with Crippen LogP contribution in [-0.2, 0) is 16.6 Å². The average molecular weight is 389 g/mol. The van der Waals surface area contributed by atoms with E-state index in [1.54, 1.807) is 4.90 Å². The number of nitrogens with zero attached hydrogens (tertiary/aromatic N) is 3. The van der Waals surface area contributed by atoms with Crippen LogP contribution in [0.4, 0.5) is 0 Å². The Kier molecular flexibility index (Phi) is 4.24. The van der Waals surface area contributed by atoms with Gasteiger partial charge in [0.2, 0.25) is 11.7 Å². The van der Waals surface area contributed by atoms with Gasteiger partial charge < -0.3 is 14.5 Å². The molecule has 5 rings (SSSR count). The zero-order valence-electron chi connectivity index (χ0n) is 16.4. The maximum atomic E-state index is 12.5. The highest BCUT2D eigenvalue weighted by atomic mass is 16.5. The molecular formula is C23H23N3O3. The molecule has 6 nitrogen and oxygen atoms in total. The van der Waals surface area contributed by atoms with Crippen LogP contribution in [-0.4, -0.2) is 45.8 Å². The molecule has 1 aliphatic heterocycles. The molecule has 1 spiro atoms. The number of carbonyl (C=O) groups excluding carboxylic acids is 1. The van der Waals surface area contributed by atoms with Gasteiger partial charge in [-0.25, -0.2) is 0 Å². The van der Waals surface area contributed by atoms with E-state index in [0.717, 1.165) is 29.5 Å². The predicted molar refractivity (Wildman–Crippen MR) is 108 cm³/mol. The van der Waals surface area contributed by atoms with E-state index in [1.807, 2.05) is 43.3 Å². The van der Waals surface area contributed by atoms with Crippen LogP contribution in [0.15, 0.2) is 47.0 Å². The molecule has 3 aromatic rings. The maximum absolute atomic E-state index is 12.5. The highest BCUT2D eigenvalue weighted by molar-refractivity contribution is 5.82. The first-order chi connectivity index (χ1) is 14.1. The van der Waals surface area contributed by atoms with Gasteiger partial charge in [-0.3, -0.25) is 4.79 Å². The quantitative estimate of drug-likeness (QED) is 0.742. The van der Waals surface area contributed by atoms with Crippen LogP contribution in [0.2, 0.25) is 0 Å². The average Bonchev–Trinajstić information content (AvgIpc) is 3.41. The van der Waals surface area contributed by atoms with E-state index in [4.69, 9.17) is 4.52 Å². The molecule has 0 bridgehead atoms. The molecule has 0 unspecified atom stereocenters. The Hall–Kier alpha value is -2.99. The lowest BCUT2D eigenvalue weighted by Crippen LogP contribution is -2.32. The standard InChI is InChI=1S/C23H23N3O3/c1-15-4-2-5-16(12-15)22-24-21(25-29-22)18-6-3-7-19-17(18)8-9-23(19)13-20(28)26(14-23)10-11-27/h2-7,12,27H,8-11,13-14H2,1H3/t23-/m1/s1. The molecule has 0 radical (unpaired) electrons. The van der Waals surface area contributed by atoms with Gasteiger partial charge in [0, 0.05) is 36.1 Å². The number of fused-ring (bicyclic) bond motifs is 2. The first-order valence-electron chi connectivity index (χ1n) is 10.0. The van der Waals surface area contributed by atoms with Crippen molar-refractivity contribution in [1.29, 1.82) is 0 Å². The van der Waals surface area contributed by atoms with Crippen LogP contribution in [0.1, 0.15) is 29.5 Å². The Balaban J connectivity index is 1.51. The van der Waals surface area contributed by atoms with Crippen LogP contribution in [0.25, 0.3) is 22.8 Å². The third-order valence-corrected chi connectivity index (χ3v) is 6.24.